The Morgan fingerprint density at radius 3 is 2.62 bits per heavy atom. The highest BCUT2D eigenvalue weighted by Crippen LogP contribution is 2.46. The van der Waals surface area contributed by atoms with Crippen LogP contribution in [-0.2, 0) is 15.3 Å². The van der Waals surface area contributed by atoms with Crippen molar-refractivity contribution in [3.8, 4) is 23.0 Å². The van der Waals surface area contributed by atoms with Crippen LogP contribution >= 0.6 is 34.7 Å². The molecule has 1 atom stereocenters. The van der Waals surface area contributed by atoms with E-state index in [4.69, 9.17) is 30.5 Å². The van der Waals surface area contributed by atoms with E-state index in [0.29, 0.717) is 75.7 Å². The minimum Gasteiger partial charge on any atom is -0.507 e. The van der Waals surface area contributed by atoms with Crippen LogP contribution in [0.25, 0.3) is 5.76 Å². The van der Waals surface area contributed by atoms with Crippen LogP contribution in [0.15, 0.2) is 70.6 Å². The molecule has 2 aliphatic heterocycles. The molecule has 3 heterocycles. The fourth-order valence-electron chi connectivity index (χ4n) is 5.21. The maximum Gasteiger partial charge on any atom is 0.301 e. The van der Waals surface area contributed by atoms with Crippen molar-refractivity contribution in [3.05, 3.63) is 87.9 Å². The van der Waals surface area contributed by atoms with E-state index in [1.165, 1.54) is 28.0 Å². The number of amides is 1. The Morgan fingerprint density at radius 2 is 1.83 bits per heavy atom. The number of aromatic nitrogens is 2. The Labute approximate surface area is 285 Å². The van der Waals surface area contributed by atoms with Gasteiger partial charge < -0.3 is 24.1 Å². The van der Waals surface area contributed by atoms with E-state index in [-0.39, 0.29) is 16.5 Å². The van der Waals surface area contributed by atoms with Crippen LogP contribution in [0.4, 0.5) is 5.13 Å². The number of carbonyl (C=O) groups is 2. The number of thioether (sulfide) groups is 1. The molecule has 47 heavy (non-hydrogen) atoms. The fourth-order valence-corrected chi connectivity index (χ4v) is 7.37. The lowest BCUT2D eigenvalue weighted by molar-refractivity contribution is -0.132. The first-order valence-electron chi connectivity index (χ1n) is 15.2. The zero-order valence-corrected chi connectivity index (χ0v) is 28.1. The molecule has 3 aromatic carbocycles. The predicted octanol–water partition coefficient (Wildman–Crippen LogP) is 7.46. The van der Waals surface area contributed by atoms with Crippen molar-refractivity contribution in [1.82, 2.24) is 10.2 Å². The molecule has 6 rings (SSSR count). The summed E-state index contributed by atoms with van der Waals surface area (Å²) in [6, 6.07) is 16.6. The van der Waals surface area contributed by atoms with E-state index in [9.17, 15) is 14.7 Å². The Hall–Kier alpha value is -4.26. The second kappa shape index (κ2) is 14.7. The maximum absolute atomic E-state index is 13.8. The number of aliphatic hydroxyl groups is 1. The third-order valence-corrected chi connectivity index (χ3v) is 9.98. The second-order valence-electron chi connectivity index (χ2n) is 10.6. The van der Waals surface area contributed by atoms with E-state index in [2.05, 4.69) is 17.1 Å². The molecule has 2 aliphatic rings. The smallest absolute Gasteiger partial charge is 0.301 e. The lowest BCUT2D eigenvalue weighted by Gasteiger charge is -2.24. The van der Waals surface area contributed by atoms with Crippen molar-refractivity contribution in [2.24, 2.45) is 0 Å². The standard InChI is InChI=1S/C34H32ClN3O7S2/c1-3-5-14-43-24-12-10-20(17-26(24)42-4-2)29-28(30(39)21-11-13-25-27(18-21)45-16-15-44-25)31(40)32(41)38(29)33-36-37-34(47-33)46-19-22-8-6-7-9-23(22)35/h6-13,17-18,29,39H,3-5,14-16,19H2,1-2H3/b30-28-. The number of carbonyl (C=O) groups excluding carboxylic acids is 2. The number of benzene rings is 3. The third-order valence-electron chi connectivity index (χ3n) is 7.51. The van der Waals surface area contributed by atoms with Crippen LogP contribution < -0.4 is 23.8 Å². The van der Waals surface area contributed by atoms with Gasteiger partial charge in [0, 0.05) is 16.3 Å². The molecule has 13 heteroatoms. The molecule has 1 saturated heterocycles. The molecule has 0 saturated carbocycles. The number of rotatable bonds is 12. The molecule has 0 spiro atoms. The van der Waals surface area contributed by atoms with Crippen LogP contribution in [0.3, 0.4) is 0 Å². The summed E-state index contributed by atoms with van der Waals surface area (Å²) in [6.45, 7) is 5.58. The van der Waals surface area contributed by atoms with Gasteiger partial charge in [0.05, 0.1) is 24.8 Å². The monoisotopic (exact) mass is 693 g/mol. The SMILES string of the molecule is CCCCOc1ccc(C2/C(=C(/O)c3ccc4c(c3)OCCO4)C(=O)C(=O)N2c2nnc(SCc3ccccc3Cl)s2)cc1OCC. The Bertz CT molecular complexity index is 1830. The first kappa shape index (κ1) is 32.7. The van der Waals surface area contributed by atoms with Crippen molar-refractivity contribution in [3.63, 3.8) is 0 Å². The molecular weight excluding hydrogens is 662 g/mol. The molecule has 1 N–H and O–H groups in total. The van der Waals surface area contributed by atoms with Gasteiger partial charge in [0.2, 0.25) is 5.13 Å². The Morgan fingerprint density at radius 1 is 1.02 bits per heavy atom. The summed E-state index contributed by atoms with van der Waals surface area (Å²) in [4.78, 5) is 28.9. The molecule has 0 radical (unpaired) electrons. The summed E-state index contributed by atoms with van der Waals surface area (Å²) in [5.41, 5.74) is 1.65. The number of Topliss-reactive ketones (excluding diaryl/α,β-unsaturated/α-hetero) is 1. The predicted molar refractivity (Wildman–Crippen MR) is 181 cm³/mol. The molecule has 1 aromatic heterocycles. The number of halogens is 1. The maximum atomic E-state index is 13.8. The number of fused-ring (bicyclic) bond motifs is 1. The normalized spacial score (nSPS) is 16.8. The van der Waals surface area contributed by atoms with E-state index in [1.807, 2.05) is 31.2 Å². The average Bonchev–Trinajstić information content (AvgIpc) is 3.66. The van der Waals surface area contributed by atoms with Gasteiger partial charge in [-0.1, -0.05) is 72.3 Å². The molecule has 1 amide bonds. The number of nitrogens with zero attached hydrogens (tertiary/aromatic N) is 3. The molecule has 1 unspecified atom stereocenters. The Balaban J connectivity index is 1.42. The van der Waals surface area contributed by atoms with Gasteiger partial charge >= 0.3 is 5.91 Å². The van der Waals surface area contributed by atoms with Crippen LogP contribution in [0.5, 0.6) is 23.0 Å². The van der Waals surface area contributed by atoms with Crippen molar-refractivity contribution in [1.29, 1.82) is 0 Å². The highest BCUT2D eigenvalue weighted by atomic mass is 35.5. The highest BCUT2D eigenvalue weighted by molar-refractivity contribution is 8.00. The van der Waals surface area contributed by atoms with Crippen molar-refractivity contribution in [2.45, 2.75) is 42.8 Å². The number of hydrogen-bond acceptors (Lipinski definition) is 11. The minimum absolute atomic E-state index is 0.103. The molecule has 10 nitrogen and oxygen atoms in total. The van der Waals surface area contributed by atoms with Gasteiger partial charge in [0.15, 0.2) is 27.3 Å². The number of unbranched alkanes of at least 4 members (excludes halogenated alkanes) is 1. The zero-order valence-electron chi connectivity index (χ0n) is 25.7. The number of ether oxygens (including phenoxy) is 4. The number of anilines is 1. The quantitative estimate of drug-likeness (QED) is 0.0400. The first-order valence-corrected chi connectivity index (χ1v) is 17.4. The molecule has 4 aromatic rings. The summed E-state index contributed by atoms with van der Waals surface area (Å²) in [6.07, 6.45) is 1.84. The zero-order chi connectivity index (χ0) is 32.9. The van der Waals surface area contributed by atoms with Crippen molar-refractivity contribution < 1.29 is 33.6 Å². The summed E-state index contributed by atoms with van der Waals surface area (Å²) in [7, 11) is 0. The largest absolute Gasteiger partial charge is 0.507 e. The Kier molecular flexibility index (Phi) is 10.2. The van der Waals surface area contributed by atoms with E-state index >= 15 is 0 Å². The van der Waals surface area contributed by atoms with E-state index in [1.54, 1.807) is 36.4 Å². The molecule has 244 valence electrons. The summed E-state index contributed by atoms with van der Waals surface area (Å²) in [5, 5.41) is 21.2. The summed E-state index contributed by atoms with van der Waals surface area (Å²) in [5.74, 6) is 0.451. The van der Waals surface area contributed by atoms with Gasteiger partial charge in [0.1, 0.15) is 19.0 Å². The molecule has 1 fully saturated rings. The van der Waals surface area contributed by atoms with Crippen molar-refractivity contribution >= 4 is 57.3 Å². The van der Waals surface area contributed by atoms with E-state index in [0.717, 1.165) is 18.4 Å². The van der Waals surface area contributed by atoms with Gasteiger partial charge in [-0.25, -0.2) is 0 Å². The van der Waals surface area contributed by atoms with Gasteiger partial charge in [-0.05, 0) is 60.9 Å². The molecular formula is C34H32ClN3O7S2. The van der Waals surface area contributed by atoms with E-state index < -0.39 is 17.7 Å². The van der Waals surface area contributed by atoms with Gasteiger partial charge in [-0.3, -0.25) is 14.5 Å². The van der Waals surface area contributed by atoms with Gasteiger partial charge in [-0.2, -0.15) is 0 Å². The number of ketones is 1. The van der Waals surface area contributed by atoms with Crippen molar-refractivity contribution in [2.75, 3.05) is 31.3 Å². The summed E-state index contributed by atoms with van der Waals surface area (Å²) >= 11 is 8.93. The van der Waals surface area contributed by atoms with Gasteiger partial charge in [0.25, 0.3) is 5.78 Å². The van der Waals surface area contributed by atoms with Gasteiger partial charge in [-0.15, -0.1) is 10.2 Å². The first-order chi connectivity index (χ1) is 22.9. The number of hydrogen-bond donors (Lipinski definition) is 1. The minimum atomic E-state index is -1.04. The average molecular weight is 694 g/mol. The highest BCUT2D eigenvalue weighted by Gasteiger charge is 2.48. The fraction of sp³-hybridized carbons (Fsp3) is 0.294. The van der Waals surface area contributed by atoms with Crippen LogP contribution in [0.1, 0.15) is 49.4 Å². The van der Waals surface area contributed by atoms with Crippen LogP contribution in [0.2, 0.25) is 5.02 Å². The summed E-state index contributed by atoms with van der Waals surface area (Å²) < 4.78 is 23.8. The molecule has 0 bridgehead atoms. The lowest BCUT2D eigenvalue weighted by Crippen LogP contribution is -2.29. The molecule has 0 aliphatic carbocycles. The number of aliphatic hydroxyl groups excluding tert-OH is 1. The third kappa shape index (κ3) is 6.90. The topological polar surface area (TPSA) is 120 Å². The second-order valence-corrected chi connectivity index (χ2v) is 13.2. The van der Waals surface area contributed by atoms with Crippen LogP contribution in [0, 0.1) is 0 Å². The lowest BCUT2D eigenvalue weighted by atomic mass is 9.95. The van der Waals surface area contributed by atoms with Crippen LogP contribution in [-0.4, -0.2) is 53.4 Å².